The minimum absolute atomic E-state index is 0. The Morgan fingerprint density at radius 2 is 2.25 bits per heavy atom. The predicted octanol–water partition coefficient (Wildman–Crippen LogP) is 1.43. The van der Waals surface area contributed by atoms with Crippen molar-refractivity contribution in [3.8, 4) is 0 Å². The second-order valence-corrected chi connectivity index (χ2v) is 3.17. The SMILES string of the molecule is CCC(=O)NCCOCC(C)C.[HH]. The summed E-state index contributed by atoms with van der Waals surface area (Å²) in [5, 5.41) is 2.74. The molecule has 0 heterocycles. The maximum atomic E-state index is 10.7. The Morgan fingerprint density at radius 3 is 2.75 bits per heavy atom. The summed E-state index contributed by atoms with van der Waals surface area (Å²) in [5.41, 5.74) is 0. The molecule has 0 atom stereocenters. The maximum Gasteiger partial charge on any atom is 0.219 e. The Labute approximate surface area is 76.0 Å². The van der Waals surface area contributed by atoms with Crippen molar-refractivity contribution in [1.29, 1.82) is 0 Å². The van der Waals surface area contributed by atoms with Crippen molar-refractivity contribution in [3.63, 3.8) is 0 Å². The molecule has 0 rings (SSSR count). The molecule has 1 N–H and O–H groups in total. The van der Waals surface area contributed by atoms with Gasteiger partial charge in [-0.25, -0.2) is 0 Å². The number of hydrogen-bond acceptors (Lipinski definition) is 2. The van der Waals surface area contributed by atoms with E-state index in [1.54, 1.807) is 0 Å². The molecular formula is C9H21NO2. The lowest BCUT2D eigenvalue weighted by Gasteiger charge is -2.06. The van der Waals surface area contributed by atoms with Gasteiger partial charge in [-0.15, -0.1) is 0 Å². The lowest BCUT2D eigenvalue weighted by molar-refractivity contribution is -0.121. The van der Waals surface area contributed by atoms with Gasteiger partial charge in [0.1, 0.15) is 0 Å². The molecule has 3 nitrogen and oxygen atoms in total. The molecule has 3 heteroatoms. The first-order valence-corrected chi connectivity index (χ1v) is 4.51. The molecular weight excluding hydrogens is 154 g/mol. The van der Waals surface area contributed by atoms with Crippen molar-refractivity contribution in [3.05, 3.63) is 0 Å². The van der Waals surface area contributed by atoms with Crippen molar-refractivity contribution in [1.82, 2.24) is 5.32 Å². The highest BCUT2D eigenvalue weighted by Gasteiger charge is 1.96. The Bertz CT molecular complexity index is 129. The Morgan fingerprint density at radius 1 is 1.58 bits per heavy atom. The maximum absolute atomic E-state index is 10.7. The summed E-state index contributed by atoms with van der Waals surface area (Å²) in [6.07, 6.45) is 0.546. The van der Waals surface area contributed by atoms with Crippen LogP contribution in [0.3, 0.4) is 0 Å². The number of nitrogens with one attached hydrogen (secondary N) is 1. The van der Waals surface area contributed by atoms with E-state index in [-0.39, 0.29) is 7.33 Å². The van der Waals surface area contributed by atoms with Gasteiger partial charge in [0.15, 0.2) is 0 Å². The van der Waals surface area contributed by atoms with Crippen LogP contribution in [0.2, 0.25) is 0 Å². The van der Waals surface area contributed by atoms with Gasteiger partial charge in [0.05, 0.1) is 6.61 Å². The number of carbonyl (C=O) groups is 1. The third-order valence-electron chi connectivity index (χ3n) is 1.34. The number of hydrogen-bond donors (Lipinski definition) is 1. The van der Waals surface area contributed by atoms with E-state index in [1.807, 2.05) is 6.92 Å². The zero-order valence-corrected chi connectivity index (χ0v) is 8.22. The van der Waals surface area contributed by atoms with Gasteiger partial charge in [-0.05, 0) is 5.92 Å². The summed E-state index contributed by atoms with van der Waals surface area (Å²) >= 11 is 0. The fraction of sp³-hybridized carbons (Fsp3) is 0.889. The molecule has 0 radical (unpaired) electrons. The largest absolute Gasteiger partial charge is 0.379 e. The number of rotatable bonds is 6. The van der Waals surface area contributed by atoms with Crippen molar-refractivity contribution in [2.24, 2.45) is 5.92 Å². The minimum Gasteiger partial charge on any atom is -0.379 e. The number of carbonyl (C=O) groups excluding carboxylic acids is 1. The first-order chi connectivity index (χ1) is 5.66. The van der Waals surface area contributed by atoms with E-state index in [2.05, 4.69) is 19.2 Å². The first kappa shape index (κ1) is 11.4. The van der Waals surface area contributed by atoms with Crippen LogP contribution < -0.4 is 5.32 Å². The van der Waals surface area contributed by atoms with Crippen LogP contribution in [0.25, 0.3) is 0 Å². The van der Waals surface area contributed by atoms with Gasteiger partial charge in [0.2, 0.25) is 5.91 Å². The molecule has 1 amide bonds. The molecule has 0 aromatic carbocycles. The summed E-state index contributed by atoms with van der Waals surface area (Å²) in [6, 6.07) is 0. The Hall–Kier alpha value is -0.570. The third-order valence-corrected chi connectivity index (χ3v) is 1.34. The van der Waals surface area contributed by atoms with E-state index in [0.717, 1.165) is 6.61 Å². The molecule has 0 saturated heterocycles. The minimum atomic E-state index is 0. The van der Waals surface area contributed by atoms with Crippen LogP contribution in [0.4, 0.5) is 0 Å². The fourth-order valence-corrected chi connectivity index (χ4v) is 0.707. The predicted molar refractivity (Wildman–Crippen MR) is 51.1 cm³/mol. The normalized spacial score (nSPS) is 10.3. The van der Waals surface area contributed by atoms with E-state index in [4.69, 9.17) is 4.74 Å². The monoisotopic (exact) mass is 175 g/mol. The Balaban J connectivity index is 0. The molecule has 0 saturated carbocycles. The summed E-state index contributed by atoms with van der Waals surface area (Å²) in [7, 11) is 0. The average Bonchev–Trinajstić information content (AvgIpc) is 2.03. The first-order valence-electron chi connectivity index (χ1n) is 4.51. The zero-order valence-electron chi connectivity index (χ0n) is 8.22. The van der Waals surface area contributed by atoms with Crippen LogP contribution in [0, 0.1) is 5.92 Å². The average molecular weight is 175 g/mol. The van der Waals surface area contributed by atoms with Crippen LogP contribution in [0.5, 0.6) is 0 Å². The van der Waals surface area contributed by atoms with Gasteiger partial charge in [-0.3, -0.25) is 4.79 Å². The van der Waals surface area contributed by atoms with Crippen molar-refractivity contribution < 1.29 is 11.0 Å². The van der Waals surface area contributed by atoms with Crippen LogP contribution in [0.15, 0.2) is 0 Å². The molecule has 0 aromatic heterocycles. The van der Waals surface area contributed by atoms with E-state index in [9.17, 15) is 4.79 Å². The lowest BCUT2D eigenvalue weighted by Crippen LogP contribution is -2.26. The molecule has 0 fully saturated rings. The van der Waals surface area contributed by atoms with Crippen LogP contribution >= 0.6 is 0 Å². The van der Waals surface area contributed by atoms with Gasteiger partial charge >= 0.3 is 0 Å². The summed E-state index contributed by atoms with van der Waals surface area (Å²) in [6.45, 7) is 8.05. The molecule has 0 unspecified atom stereocenters. The van der Waals surface area contributed by atoms with E-state index in [0.29, 0.717) is 25.5 Å². The number of ether oxygens (including phenoxy) is 1. The second kappa shape index (κ2) is 7.10. The molecule has 0 spiro atoms. The van der Waals surface area contributed by atoms with Gasteiger partial charge in [-0.1, -0.05) is 20.8 Å². The highest BCUT2D eigenvalue weighted by molar-refractivity contribution is 5.75. The molecule has 0 aliphatic carbocycles. The molecule has 0 aliphatic heterocycles. The molecule has 0 bridgehead atoms. The Kier molecular flexibility index (Phi) is 6.76. The highest BCUT2D eigenvalue weighted by Crippen LogP contribution is 1.90. The summed E-state index contributed by atoms with van der Waals surface area (Å²) < 4.78 is 5.28. The fourth-order valence-electron chi connectivity index (χ4n) is 0.707. The van der Waals surface area contributed by atoms with Gasteiger partial charge < -0.3 is 10.1 Å². The lowest BCUT2D eigenvalue weighted by atomic mass is 10.2. The van der Waals surface area contributed by atoms with Gasteiger partial charge in [0.25, 0.3) is 0 Å². The standard InChI is InChI=1S/C9H19NO2.H2/c1-4-9(11)10-5-6-12-7-8(2)3;/h8H,4-7H2,1-3H3,(H,10,11);1H. The number of amides is 1. The van der Waals surface area contributed by atoms with Gasteiger partial charge in [0, 0.05) is 21.0 Å². The van der Waals surface area contributed by atoms with Crippen LogP contribution in [-0.4, -0.2) is 25.7 Å². The molecule has 12 heavy (non-hydrogen) atoms. The van der Waals surface area contributed by atoms with E-state index in [1.165, 1.54) is 0 Å². The van der Waals surface area contributed by atoms with Gasteiger partial charge in [-0.2, -0.15) is 0 Å². The quantitative estimate of drug-likeness (QED) is 0.620. The highest BCUT2D eigenvalue weighted by atomic mass is 16.5. The van der Waals surface area contributed by atoms with E-state index >= 15 is 0 Å². The second-order valence-electron chi connectivity index (χ2n) is 3.17. The van der Waals surface area contributed by atoms with Crippen molar-refractivity contribution in [2.45, 2.75) is 27.2 Å². The topological polar surface area (TPSA) is 38.3 Å². The smallest absolute Gasteiger partial charge is 0.219 e. The van der Waals surface area contributed by atoms with Crippen LogP contribution in [0.1, 0.15) is 28.6 Å². The third kappa shape index (κ3) is 7.54. The van der Waals surface area contributed by atoms with Crippen molar-refractivity contribution >= 4 is 5.91 Å². The summed E-state index contributed by atoms with van der Waals surface area (Å²) in [5.74, 6) is 0.648. The zero-order chi connectivity index (χ0) is 9.40. The molecule has 0 aromatic rings. The van der Waals surface area contributed by atoms with Crippen molar-refractivity contribution in [2.75, 3.05) is 19.8 Å². The molecule has 74 valence electrons. The summed E-state index contributed by atoms with van der Waals surface area (Å²) in [4.78, 5) is 10.7. The molecule has 0 aliphatic rings. The van der Waals surface area contributed by atoms with E-state index < -0.39 is 0 Å². The van der Waals surface area contributed by atoms with Crippen LogP contribution in [-0.2, 0) is 9.53 Å².